The van der Waals surface area contributed by atoms with Crippen molar-refractivity contribution in [1.82, 2.24) is 20.2 Å². The molecule has 0 aliphatic heterocycles. The first kappa shape index (κ1) is 19.7. The lowest BCUT2D eigenvalue weighted by Gasteiger charge is -2.10. The molecule has 2 aromatic carbocycles. The number of anilines is 1. The number of rotatable bonds is 7. The van der Waals surface area contributed by atoms with E-state index in [9.17, 15) is 4.79 Å². The van der Waals surface area contributed by atoms with Crippen LogP contribution >= 0.6 is 11.8 Å². The van der Waals surface area contributed by atoms with Crippen LogP contribution in [-0.2, 0) is 4.79 Å². The van der Waals surface area contributed by atoms with Gasteiger partial charge in [-0.2, -0.15) is 4.68 Å². The van der Waals surface area contributed by atoms with Gasteiger partial charge in [0.2, 0.25) is 11.1 Å². The molecular formula is C19H21N5O3S. The van der Waals surface area contributed by atoms with E-state index in [1.807, 2.05) is 32.0 Å². The Morgan fingerprint density at radius 3 is 2.43 bits per heavy atom. The van der Waals surface area contributed by atoms with E-state index in [2.05, 4.69) is 20.8 Å². The standard InChI is InChI=1S/C19H21N5O3S/c1-12-5-6-14(7-13(12)2)20-18(25)11-28-19-21-22-23-24(19)15-8-16(26-3)10-17(9-15)27-4/h5-10H,11H2,1-4H3,(H,20,25). The molecule has 0 radical (unpaired) electrons. The van der Waals surface area contributed by atoms with Gasteiger partial charge in [0.05, 0.1) is 25.7 Å². The number of amides is 1. The van der Waals surface area contributed by atoms with Crippen molar-refractivity contribution < 1.29 is 14.3 Å². The first-order valence-corrected chi connectivity index (χ1v) is 9.50. The fourth-order valence-corrected chi connectivity index (χ4v) is 3.18. The van der Waals surface area contributed by atoms with Crippen molar-refractivity contribution in [2.75, 3.05) is 25.3 Å². The molecule has 0 aliphatic carbocycles. The number of aryl methyl sites for hydroxylation is 2. The van der Waals surface area contributed by atoms with E-state index in [0.29, 0.717) is 22.3 Å². The quantitative estimate of drug-likeness (QED) is 0.611. The minimum atomic E-state index is -0.133. The number of methoxy groups -OCH3 is 2. The average Bonchev–Trinajstić information content (AvgIpc) is 3.17. The number of ether oxygens (including phenoxy) is 2. The Bertz CT molecular complexity index is 967. The Morgan fingerprint density at radius 1 is 1.07 bits per heavy atom. The lowest BCUT2D eigenvalue weighted by Crippen LogP contribution is -2.14. The highest BCUT2D eigenvalue weighted by Crippen LogP contribution is 2.27. The molecule has 0 atom stereocenters. The van der Waals surface area contributed by atoms with Crippen LogP contribution in [-0.4, -0.2) is 46.1 Å². The van der Waals surface area contributed by atoms with Crippen LogP contribution < -0.4 is 14.8 Å². The van der Waals surface area contributed by atoms with Crippen molar-refractivity contribution in [2.45, 2.75) is 19.0 Å². The van der Waals surface area contributed by atoms with Gasteiger partial charge in [-0.15, -0.1) is 5.10 Å². The van der Waals surface area contributed by atoms with Gasteiger partial charge in [-0.3, -0.25) is 4.79 Å². The van der Waals surface area contributed by atoms with Crippen LogP contribution in [0.1, 0.15) is 11.1 Å². The zero-order valence-electron chi connectivity index (χ0n) is 16.1. The van der Waals surface area contributed by atoms with Gasteiger partial charge in [0.15, 0.2) is 0 Å². The minimum Gasteiger partial charge on any atom is -0.497 e. The summed E-state index contributed by atoms with van der Waals surface area (Å²) in [6.45, 7) is 4.04. The monoisotopic (exact) mass is 399 g/mol. The number of carbonyl (C=O) groups excluding carboxylic acids is 1. The van der Waals surface area contributed by atoms with Crippen LogP contribution in [0.25, 0.3) is 5.69 Å². The molecule has 1 aromatic heterocycles. The lowest BCUT2D eigenvalue weighted by molar-refractivity contribution is -0.113. The van der Waals surface area contributed by atoms with Crippen LogP contribution in [0.15, 0.2) is 41.6 Å². The second-order valence-corrected chi connectivity index (χ2v) is 7.02. The molecule has 0 saturated carbocycles. The highest BCUT2D eigenvalue weighted by atomic mass is 32.2. The summed E-state index contributed by atoms with van der Waals surface area (Å²) in [4.78, 5) is 12.3. The molecule has 1 heterocycles. The smallest absolute Gasteiger partial charge is 0.234 e. The fraction of sp³-hybridized carbons (Fsp3) is 0.263. The maximum atomic E-state index is 12.3. The summed E-state index contributed by atoms with van der Waals surface area (Å²) in [7, 11) is 3.15. The molecule has 0 bridgehead atoms. The number of nitrogens with zero attached hydrogens (tertiary/aromatic N) is 4. The van der Waals surface area contributed by atoms with Crippen molar-refractivity contribution in [1.29, 1.82) is 0 Å². The third-order valence-electron chi connectivity index (χ3n) is 4.14. The zero-order chi connectivity index (χ0) is 20.1. The lowest BCUT2D eigenvalue weighted by atomic mass is 10.1. The van der Waals surface area contributed by atoms with E-state index < -0.39 is 0 Å². The SMILES string of the molecule is COc1cc(OC)cc(-n2nnnc2SCC(=O)Nc2ccc(C)c(C)c2)c1. The highest BCUT2D eigenvalue weighted by Gasteiger charge is 2.14. The molecule has 3 aromatic rings. The van der Waals surface area contributed by atoms with E-state index in [0.717, 1.165) is 11.3 Å². The van der Waals surface area contributed by atoms with Gasteiger partial charge in [-0.05, 0) is 47.5 Å². The molecule has 1 N–H and O–H groups in total. The molecular weight excluding hydrogens is 378 g/mol. The van der Waals surface area contributed by atoms with E-state index in [4.69, 9.17) is 9.47 Å². The maximum absolute atomic E-state index is 12.3. The van der Waals surface area contributed by atoms with Crippen LogP contribution in [0.5, 0.6) is 11.5 Å². The Morgan fingerprint density at radius 2 is 1.79 bits per heavy atom. The predicted octanol–water partition coefficient (Wildman–Crippen LogP) is 3.03. The molecule has 1 amide bonds. The number of thioether (sulfide) groups is 1. The van der Waals surface area contributed by atoms with Gasteiger partial charge in [0.25, 0.3) is 0 Å². The summed E-state index contributed by atoms with van der Waals surface area (Å²) in [6.07, 6.45) is 0. The van der Waals surface area contributed by atoms with Gasteiger partial charge in [0.1, 0.15) is 11.5 Å². The second-order valence-electron chi connectivity index (χ2n) is 6.08. The Balaban J connectivity index is 1.70. The zero-order valence-corrected chi connectivity index (χ0v) is 16.9. The number of nitrogens with one attached hydrogen (secondary N) is 1. The molecule has 0 saturated heterocycles. The van der Waals surface area contributed by atoms with Gasteiger partial charge in [0, 0.05) is 23.9 Å². The average molecular weight is 399 g/mol. The topological polar surface area (TPSA) is 91.2 Å². The van der Waals surface area contributed by atoms with Crippen LogP contribution in [0.3, 0.4) is 0 Å². The van der Waals surface area contributed by atoms with E-state index in [-0.39, 0.29) is 11.7 Å². The summed E-state index contributed by atoms with van der Waals surface area (Å²) >= 11 is 1.24. The Hall–Kier alpha value is -3.07. The summed E-state index contributed by atoms with van der Waals surface area (Å²) < 4.78 is 12.1. The minimum absolute atomic E-state index is 0.133. The van der Waals surface area contributed by atoms with Crippen molar-refractivity contribution in [3.63, 3.8) is 0 Å². The van der Waals surface area contributed by atoms with Gasteiger partial charge in [-0.25, -0.2) is 0 Å². The number of tetrazole rings is 1. The van der Waals surface area contributed by atoms with Gasteiger partial charge < -0.3 is 14.8 Å². The summed E-state index contributed by atoms with van der Waals surface area (Å²) in [5.41, 5.74) is 3.76. The first-order chi connectivity index (χ1) is 13.5. The Kier molecular flexibility index (Phi) is 6.15. The van der Waals surface area contributed by atoms with Gasteiger partial charge >= 0.3 is 0 Å². The van der Waals surface area contributed by atoms with Crippen LogP contribution in [0.2, 0.25) is 0 Å². The maximum Gasteiger partial charge on any atom is 0.234 e. The summed E-state index contributed by atoms with van der Waals surface area (Å²) in [5, 5.41) is 15.1. The van der Waals surface area contributed by atoms with Crippen molar-refractivity contribution in [3.8, 4) is 17.2 Å². The molecule has 0 fully saturated rings. The number of benzene rings is 2. The largest absolute Gasteiger partial charge is 0.497 e. The molecule has 0 aliphatic rings. The van der Waals surface area contributed by atoms with Crippen molar-refractivity contribution >= 4 is 23.4 Å². The molecule has 0 unspecified atom stereocenters. The predicted molar refractivity (Wildman–Crippen MR) is 108 cm³/mol. The summed E-state index contributed by atoms with van der Waals surface area (Å²) in [6, 6.07) is 11.2. The molecule has 0 spiro atoms. The van der Waals surface area contributed by atoms with Crippen LogP contribution in [0, 0.1) is 13.8 Å². The number of hydrogen-bond acceptors (Lipinski definition) is 7. The number of aromatic nitrogens is 4. The molecule has 28 heavy (non-hydrogen) atoms. The second kappa shape index (κ2) is 8.75. The van der Waals surface area contributed by atoms with Crippen LogP contribution in [0.4, 0.5) is 5.69 Å². The van der Waals surface area contributed by atoms with E-state index in [1.165, 1.54) is 17.3 Å². The number of hydrogen-bond donors (Lipinski definition) is 1. The molecule has 8 nitrogen and oxygen atoms in total. The van der Waals surface area contributed by atoms with Crippen molar-refractivity contribution in [3.05, 3.63) is 47.5 Å². The normalized spacial score (nSPS) is 10.6. The Labute approximate surface area is 167 Å². The van der Waals surface area contributed by atoms with Gasteiger partial charge in [-0.1, -0.05) is 17.8 Å². The third kappa shape index (κ3) is 4.61. The fourth-order valence-electron chi connectivity index (χ4n) is 2.49. The van der Waals surface area contributed by atoms with Crippen molar-refractivity contribution in [2.24, 2.45) is 0 Å². The van der Waals surface area contributed by atoms with E-state index >= 15 is 0 Å². The molecule has 3 rings (SSSR count). The molecule has 146 valence electrons. The first-order valence-electron chi connectivity index (χ1n) is 8.52. The number of carbonyl (C=O) groups is 1. The highest BCUT2D eigenvalue weighted by molar-refractivity contribution is 7.99. The third-order valence-corrected chi connectivity index (χ3v) is 5.06. The molecule has 9 heteroatoms. The van der Waals surface area contributed by atoms with E-state index in [1.54, 1.807) is 37.1 Å². The summed E-state index contributed by atoms with van der Waals surface area (Å²) in [5.74, 6) is 1.28.